The Labute approximate surface area is 165 Å². The molecule has 1 aromatic heterocycles. The highest BCUT2D eigenvalue weighted by atomic mass is 16.5. The summed E-state index contributed by atoms with van der Waals surface area (Å²) in [5.74, 6) is 1.49. The van der Waals surface area contributed by atoms with E-state index in [1.54, 1.807) is 27.5 Å². The van der Waals surface area contributed by atoms with Crippen molar-refractivity contribution in [3.63, 3.8) is 0 Å². The third-order valence-corrected chi connectivity index (χ3v) is 4.84. The van der Waals surface area contributed by atoms with Crippen molar-refractivity contribution in [1.82, 2.24) is 10.3 Å². The third kappa shape index (κ3) is 4.54. The summed E-state index contributed by atoms with van der Waals surface area (Å²) in [6.07, 6.45) is 3.35. The second kappa shape index (κ2) is 9.41. The van der Waals surface area contributed by atoms with Gasteiger partial charge in [0, 0.05) is 11.8 Å². The topological polar surface area (TPSA) is 78.9 Å². The summed E-state index contributed by atoms with van der Waals surface area (Å²) in [7, 11) is 4.71. The van der Waals surface area contributed by atoms with Gasteiger partial charge in [0.1, 0.15) is 6.61 Å². The minimum atomic E-state index is -0.132. The molecule has 7 heteroatoms. The molecule has 1 saturated heterocycles. The lowest BCUT2D eigenvalue weighted by Crippen LogP contribution is -2.32. The van der Waals surface area contributed by atoms with Crippen molar-refractivity contribution in [2.24, 2.45) is 5.92 Å². The molecule has 1 aliphatic heterocycles. The molecule has 0 spiro atoms. The van der Waals surface area contributed by atoms with Gasteiger partial charge in [0.2, 0.25) is 5.75 Å². The molecule has 2 aromatic rings. The van der Waals surface area contributed by atoms with Gasteiger partial charge in [-0.1, -0.05) is 0 Å². The number of rotatable bonds is 7. The third-order valence-electron chi connectivity index (χ3n) is 4.84. The van der Waals surface area contributed by atoms with E-state index < -0.39 is 0 Å². The molecule has 1 aromatic carbocycles. The van der Waals surface area contributed by atoms with Crippen LogP contribution >= 0.6 is 0 Å². The first-order chi connectivity index (χ1) is 13.7. The summed E-state index contributed by atoms with van der Waals surface area (Å²) in [5.41, 5.74) is 2.43. The maximum Gasteiger partial charge on any atom is 0.309 e. The van der Waals surface area contributed by atoms with Gasteiger partial charge in [-0.05, 0) is 55.8 Å². The summed E-state index contributed by atoms with van der Waals surface area (Å²) in [5, 5.41) is 3.25. The van der Waals surface area contributed by atoms with Crippen molar-refractivity contribution in [2.75, 3.05) is 34.4 Å². The van der Waals surface area contributed by atoms with E-state index in [1.165, 1.54) is 0 Å². The van der Waals surface area contributed by atoms with Gasteiger partial charge < -0.3 is 24.3 Å². The molecule has 0 amide bonds. The Bertz CT molecular complexity index is 793. The highest BCUT2D eigenvalue weighted by Gasteiger charge is 2.22. The van der Waals surface area contributed by atoms with Crippen LogP contribution in [-0.2, 0) is 16.1 Å². The highest BCUT2D eigenvalue weighted by Crippen LogP contribution is 2.40. The molecule has 7 nitrogen and oxygen atoms in total. The second-order valence-corrected chi connectivity index (χ2v) is 6.60. The predicted octanol–water partition coefficient (Wildman–Crippen LogP) is 2.82. The van der Waals surface area contributed by atoms with Crippen LogP contribution < -0.4 is 19.5 Å². The summed E-state index contributed by atoms with van der Waals surface area (Å²) in [4.78, 5) is 16.7. The van der Waals surface area contributed by atoms with Gasteiger partial charge in [-0.15, -0.1) is 0 Å². The zero-order valence-corrected chi connectivity index (χ0v) is 16.5. The maximum atomic E-state index is 12.3. The van der Waals surface area contributed by atoms with Crippen molar-refractivity contribution in [1.29, 1.82) is 0 Å². The van der Waals surface area contributed by atoms with Crippen LogP contribution in [0.3, 0.4) is 0 Å². The van der Waals surface area contributed by atoms with Gasteiger partial charge >= 0.3 is 5.97 Å². The minimum absolute atomic E-state index is 0.0160. The van der Waals surface area contributed by atoms with Crippen LogP contribution in [0, 0.1) is 5.92 Å². The Morgan fingerprint density at radius 2 is 1.75 bits per heavy atom. The number of hydrogen-bond donors (Lipinski definition) is 1. The standard InChI is InChI=1S/C21H26N2O5/c1-25-18-11-16(12-19(26-2)20(18)27-3)17-10-14(4-9-23-17)13-28-21(24)15-5-7-22-8-6-15/h4,9-12,15,22H,5-8,13H2,1-3H3. The Hall–Kier alpha value is -2.80. The van der Waals surface area contributed by atoms with E-state index in [0.717, 1.165) is 42.8 Å². The fourth-order valence-corrected chi connectivity index (χ4v) is 3.28. The number of carbonyl (C=O) groups excluding carboxylic acids is 1. The molecule has 150 valence electrons. The van der Waals surface area contributed by atoms with Crippen LogP contribution in [0.15, 0.2) is 30.5 Å². The lowest BCUT2D eigenvalue weighted by Gasteiger charge is -2.21. The van der Waals surface area contributed by atoms with Gasteiger partial charge in [0.15, 0.2) is 11.5 Å². The van der Waals surface area contributed by atoms with E-state index in [4.69, 9.17) is 18.9 Å². The van der Waals surface area contributed by atoms with Crippen molar-refractivity contribution < 1.29 is 23.7 Å². The Morgan fingerprint density at radius 3 is 2.36 bits per heavy atom. The van der Waals surface area contributed by atoms with Gasteiger partial charge in [0.25, 0.3) is 0 Å². The monoisotopic (exact) mass is 386 g/mol. The molecule has 1 aliphatic rings. The lowest BCUT2D eigenvalue weighted by molar-refractivity contribution is -0.150. The number of aromatic nitrogens is 1. The van der Waals surface area contributed by atoms with E-state index in [2.05, 4.69) is 10.3 Å². The number of esters is 1. The van der Waals surface area contributed by atoms with Crippen molar-refractivity contribution in [2.45, 2.75) is 19.4 Å². The van der Waals surface area contributed by atoms with Crippen LogP contribution in [0.5, 0.6) is 17.2 Å². The number of pyridine rings is 1. The lowest BCUT2D eigenvalue weighted by atomic mass is 9.98. The van der Waals surface area contributed by atoms with Gasteiger partial charge in [-0.3, -0.25) is 9.78 Å². The van der Waals surface area contributed by atoms with Crippen LogP contribution in [0.2, 0.25) is 0 Å². The van der Waals surface area contributed by atoms with E-state index in [9.17, 15) is 4.79 Å². The molecule has 28 heavy (non-hydrogen) atoms. The van der Waals surface area contributed by atoms with Crippen LogP contribution in [0.4, 0.5) is 0 Å². The van der Waals surface area contributed by atoms with Crippen LogP contribution in [-0.4, -0.2) is 45.4 Å². The second-order valence-electron chi connectivity index (χ2n) is 6.60. The number of piperidine rings is 1. The number of benzene rings is 1. The molecule has 0 atom stereocenters. The summed E-state index contributed by atoms with van der Waals surface area (Å²) in [6.45, 7) is 1.95. The molecule has 2 heterocycles. The van der Waals surface area contributed by atoms with Crippen molar-refractivity contribution >= 4 is 5.97 Å². The smallest absolute Gasteiger partial charge is 0.309 e. The average molecular weight is 386 g/mol. The number of nitrogens with one attached hydrogen (secondary N) is 1. The molecular formula is C21H26N2O5. The first kappa shape index (κ1) is 19.9. The van der Waals surface area contributed by atoms with Gasteiger partial charge in [-0.2, -0.15) is 0 Å². The number of methoxy groups -OCH3 is 3. The zero-order valence-electron chi connectivity index (χ0n) is 16.5. The maximum absolute atomic E-state index is 12.3. The van der Waals surface area contributed by atoms with Crippen LogP contribution in [0.1, 0.15) is 18.4 Å². The Kier molecular flexibility index (Phi) is 6.71. The number of ether oxygens (including phenoxy) is 4. The SMILES string of the molecule is COc1cc(-c2cc(COC(=O)C3CCNCC3)ccn2)cc(OC)c1OC. The van der Waals surface area contributed by atoms with E-state index in [0.29, 0.717) is 17.2 Å². The first-order valence-corrected chi connectivity index (χ1v) is 9.29. The number of nitrogens with zero attached hydrogens (tertiary/aromatic N) is 1. The highest BCUT2D eigenvalue weighted by molar-refractivity contribution is 5.73. The summed E-state index contributed by atoms with van der Waals surface area (Å²) < 4.78 is 21.7. The quantitative estimate of drug-likeness (QED) is 0.733. The van der Waals surface area contributed by atoms with E-state index in [-0.39, 0.29) is 18.5 Å². The van der Waals surface area contributed by atoms with Crippen molar-refractivity contribution in [3.8, 4) is 28.5 Å². The molecule has 1 N–H and O–H groups in total. The Morgan fingerprint density at radius 1 is 1.07 bits per heavy atom. The summed E-state index contributed by atoms with van der Waals surface area (Å²) >= 11 is 0. The fourth-order valence-electron chi connectivity index (χ4n) is 3.28. The molecule has 1 fully saturated rings. The zero-order chi connectivity index (χ0) is 19.9. The first-order valence-electron chi connectivity index (χ1n) is 9.29. The molecule has 0 aliphatic carbocycles. The van der Waals surface area contributed by atoms with E-state index >= 15 is 0 Å². The largest absolute Gasteiger partial charge is 0.493 e. The molecule has 0 radical (unpaired) electrons. The molecular weight excluding hydrogens is 360 g/mol. The van der Waals surface area contributed by atoms with Crippen LogP contribution in [0.25, 0.3) is 11.3 Å². The predicted molar refractivity (Wildman–Crippen MR) is 105 cm³/mol. The molecule has 0 saturated carbocycles. The number of hydrogen-bond acceptors (Lipinski definition) is 7. The summed E-state index contributed by atoms with van der Waals surface area (Å²) in [6, 6.07) is 7.43. The Balaban J connectivity index is 1.76. The fraction of sp³-hybridized carbons (Fsp3) is 0.429. The van der Waals surface area contributed by atoms with Crippen molar-refractivity contribution in [3.05, 3.63) is 36.0 Å². The molecule has 0 bridgehead atoms. The molecule has 0 unspecified atom stereocenters. The van der Waals surface area contributed by atoms with Gasteiger partial charge in [-0.25, -0.2) is 0 Å². The molecule has 3 rings (SSSR count). The normalized spacial score (nSPS) is 14.4. The van der Waals surface area contributed by atoms with Gasteiger partial charge in [0.05, 0.1) is 32.9 Å². The van der Waals surface area contributed by atoms with E-state index in [1.807, 2.05) is 24.3 Å². The number of carbonyl (C=O) groups is 1. The minimum Gasteiger partial charge on any atom is -0.493 e. The average Bonchev–Trinajstić information content (AvgIpc) is 2.77.